The Morgan fingerprint density at radius 3 is 2.56 bits per heavy atom. The molecule has 2 aliphatic rings. The Balaban J connectivity index is 1.56. The van der Waals surface area contributed by atoms with E-state index in [0.29, 0.717) is 51.2 Å². The van der Waals surface area contributed by atoms with Crippen LogP contribution in [0.2, 0.25) is 0 Å². The average molecular weight is 593 g/mol. The molecule has 43 heavy (non-hydrogen) atoms. The molecule has 0 radical (unpaired) electrons. The number of aromatic nitrogens is 2. The molecule has 1 aromatic heterocycles. The highest BCUT2D eigenvalue weighted by Crippen LogP contribution is 2.36. The van der Waals surface area contributed by atoms with Crippen LogP contribution in [0.3, 0.4) is 0 Å². The minimum Gasteiger partial charge on any atom is -0.354 e. The molecule has 1 spiro atoms. The molecule has 234 valence electrons. The van der Waals surface area contributed by atoms with Gasteiger partial charge in [-0.2, -0.15) is 5.10 Å². The molecular formula is C33H48N6O4. The first kappa shape index (κ1) is 32.2. The molecule has 1 aromatic carbocycles. The topological polar surface area (TPSA) is 117 Å². The quantitative estimate of drug-likeness (QED) is 0.535. The van der Waals surface area contributed by atoms with Gasteiger partial charge in [0.1, 0.15) is 5.54 Å². The number of hydrogen-bond acceptors (Lipinski definition) is 5. The van der Waals surface area contributed by atoms with Gasteiger partial charge in [-0.05, 0) is 81.4 Å². The fraction of sp³-hybridized carbons (Fsp3) is 0.606. The summed E-state index contributed by atoms with van der Waals surface area (Å²) in [6.07, 6.45) is 4.96. The van der Waals surface area contributed by atoms with E-state index in [-0.39, 0.29) is 43.1 Å². The molecule has 1 fully saturated rings. The number of nitrogens with zero attached hydrogens (tertiary/aromatic N) is 4. The predicted octanol–water partition coefficient (Wildman–Crippen LogP) is 2.93. The molecule has 4 amide bonds. The molecule has 0 bridgehead atoms. The first-order valence-electron chi connectivity index (χ1n) is 15.7. The molecule has 2 aromatic rings. The number of aryl methyl sites for hydroxylation is 3. The Bertz CT molecular complexity index is 1330. The fourth-order valence-corrected chi connectivity index (χ4v) is 6.32. The van der Waals surface area contributed by atoms with E-state index in [9.17, 15) is 19.2 Å². The van der Waals surface area contributed by atoms with Crippen LogP contribution in [0.5, 0.6) is 0 Å². The molecule has 10 nitrogen and oxygen atoms in total. The number of benzene rings is 1. The standard InChI is InChI=1S/C33H48N6O4/c1-23(2)16-20-39-21-29(40)35-33(17-10-12-26-11-6-7-13-28(26)33)32(43)34-18-8-9-19-38(22-31(39)42)30(41)15-14-27-24(3)36-37(5)25(27)4/h6-7,11,13,23H,8-10,12,14-22H2,1-5H3,(H,34,43)(H,35,40). The van der Waals surface area contributed by atoms with Gasteiger partial charge in [0.2, 0.25) is 23.6 Å². The Hall–Kier alpha value is -3.69. The van der Waals surface area contributed by atoms with E-state index in [1.807, 2.05) is 49.8 Å². The van der Waals surface area contributed by atoms with E-state index < -0.39 is 5.54 Å². The summed E-state index contributed by atoms with van der Waals surface area (Å²) in [5.41, 5.74) is 3.71. The van der Waals surface area contributed by atoms with E-state index >= 15 is 0 Å². The molecular weight excluding hydrogens is 544 g/mol. The van der Waals surface area contributed by atoms with Gasteiger partial charge < -0.3 is 20.4 Å². The van der Waals surface area contributed by atoms with Crippen LogP contribution in [0.25, 0.3) is 0 Å². The molecule has 2 heterocycles. The third-order valence-electron chi connectivity index (χ3n) is 8.95. The first-order valence-corrected chi connectivity index (χ1v) is 15.7. The molecule has 1 aliphatic carbocycles. The predicted molar refractivity (Wildman–Crippen MR) is 165 cm³/mol. The molecule has 10 heteroatoms. The van der Waals surface area contributed by atoms with Crippen LogP contribution in [-0.2, 0) is 44.6 Å². The van der Waals surface area contributed by atoms with Gasteiger partial charge in [0, 0.05) is 38.8 Å². The van der Waals surface area contributed by atoms with Crippen molar-refractivity contribution in [2.45, 2.75) is 84.6 Å². The fourth-order valence-electron chi connectivity index (χ4n) is 6.32. The lowest BCUT2D eigenvalue weighted by molar-refractivity contribution is -0.143. The third kappa shape index (κ3) is 7.64. The average Bonchev–Trinajstić information content (AvgIpc) is 3.21. The first-order chi connectivity index (χ1) is 20.5. The van der Waals surface area contributed by atoms with Crippen molar-refractivity contribution < 1.29 is 19.2 Å². The summed E-state index contributed by atoms with van der Waals surface area (Å²) in [7, 11) is 1.89. The Morgan fingerprint density at radius 2 is 1.84 bits per heavy atom. The van der Waals surface area contributed by atoms with Crippen molar-refractivity contribution in [1.82, 2.24) is 30.2 Å². The van der Waals surface area contributed by atoms with Gasteiger partial charge in [-0.1, -0.05) is 38.1 Å². The van der Waals surface area contributed by atoms with E-state index in [1.165, 1.54) is 0 Å². The summed E-state index contributed by atoms with van der Waals surface area (Å²) in [4.78, 5) is 57.8. The van der Waals surface area contributed by atoms with E-state index in [0.717, 1.165) is 47.3 Å². The molecule has 1 aliphatic heterocycles. The number of amides is 4. The lowest BCUT2D eigenvalue weighted by atomic mass is 9.75. The van der Waals surface area contributed by atoms with Gasteiger partial charge in [0.25, 0.3) is 0 Å². The summed E-state index contributed by atoms with van der Waals surface area (Å²) in [6, 6.07) is 7.80. The summed E-state index contributed by atoms with van der Waals surface area (Å²) < 4.78 is 1.82. The Morgan fingerprint density at radius 1 is 1.07 bits per heavy atom. The zero-order valence-corrected chi connectivity index (χ0v) is 26.5. The minimum atomic E-state index is -1.17. The number of hydrogen-bond donors (Lipinski definition) is 2. The summed E-state index contributed by atoms with van der Waals surface area (Å²) >= 11 is 0. The van der Waals surface area contributed by atoms with Crippen LogP contribution in [0.1, 0.15) is 80.5 Å². The van der Waals surface area contributed by atoms with Gasteiger partial charge in [-0.25, -0.2) is 0 Å². The molecule has 1 unspecified atom stereocenters. The molecule has 4 rings (SSSR count). The molecule has 1 atom stereocenters. The lowest BCUT2D eigenvalue weighted by Crippen LogP contribution is -2.60. The Labute approximate surface area is 255 Å². The zero-order chi connectivity index (χ0) is 31.1. The van der Waals surface area contributed by atoms with Crippen molar-refractivity contribution in [1.29, 1.82) is 0 Å². The highest BCUT2D eigenvalue weighted by Gasteiger charge is 2.44. The minimum absolute atomic E-state index is 0.0739. The zero-order valence-electron chi connectivity index (χ0n) is 26.5. The van der Waals surface area contributed by atoms with E-state index in [2.05, 4.69) is 29.6 Å². The second-order valence-electron chi connectivity index (χ2n) is 12.5. The molecule has 1 saturated heterocycles. The number of rotatable bonds is 6. The summed E-state index contributed by atoms with van der Waals surface area (Å²) in [5.74, 6) is -0.618. The molecule has 0 saturated carbocycles. The van der Waals surface area contributed by atoms with Gasteiger partial charge in [0.15, 0.2) is 0 Å². The second-order valence-corrected chi connectivity index (χ2v) is 12.5. The second kappa shape index (κ2) is 14.2. The van der Waals surface area contributed by atoms with Gasteiger partial charge in [0.05, 0.1) is 18.8 Å². The largest absolute Gasteiger partial charge is 0.354 e. The van der Waals surface area contributed by atoms with Gasteiger partial charge in [-0.3, -0.25) is 23.9 Å². The number of nitrogens with one attached hydrogen (secondary N) is 2. The van der Waals surface area contributed by atoms with E-state index in [4.69, 9.17) is 0 Å². The van der Waals surface area contributed by atoms with Crippen LogP contribution >= 0.6 is 0 Å². The summed E-state index contributed by atoms with van der Waals surface area (Å²) in [5, 5.41) is 10.6. The normalized spacial score (nSPS) is 20.6. The monoisotopic (exact) mass is 592 g/mol. The lowest BCUT2D eigenvalue weighted by Gasteiger charge is -2.39. The van der Waals surface area contributed by atoms with Crippen molar-refractivity contribution in [3.8, 4) is 0 Å². The van der Waals surface area contributed by atoms with Crippen LogP contribution in [0.4, 0.5) is 0 Å². The van der Waals surface area contributed by atoms with Crippen molar-refractivity contribution in [2.75, 3.05) is 32.7 Å². The maximum absolute atomic E-state index is 13.8. The highest BCUT2D eigenvalue weighted by atomic mass is 16.2. The van der Waals surface area contributed by atoms with Crippen molar-refractivity contribution in [2.24, 2.45) is 13.0 Å². The molecule has 2 N–H and O–H groups in total. The Kier molecular flexibility index (Phi) is 10.6. The van der Waals surface area contributed by atoms with Crippen LogP contribution in [0.15, 0.2) is 24.3 Å². The van der Waals surface area contributed by atoms with Crippen LogP contribution in [0, 0.1) is 19.8 Å². The van der Waals surface area contributed by atoms with Gasteiger partial charge in [-0.15, -0.1) is 0 Å². The van der Waals surface area contributed by atoms with Crippen molar-refractivity contribution in [3.05, 3.63) is 52.3 Å². The number of carbonyl (C=O) groups is 4. The van der Waals surface area contributed by atoms with Crippen molar-refractivity contribution >= 4 is 23.6 Å². The SMILES string of the molecule is Cc1nn(C)c(C)c1CCC(=O)N1CCCCNC(=O)C2(CCCc3ccccc32)NC(=O)CN(CCC(C)C)C(=O)C1. The van der Waals surface area contributed by atoms with Crippen LogP contribution in [-0.4, -0.2) is 75.9 Å². The van der Waals surface area contributed by atoms with E-state index in [1.54, 1.807) is 9.80 Å². The van der Waals surface area contributed by atoms with Crippen LogP contribution < -0.4 is 10.6 Å². The maximum Gasteiger partial charge on any atom is 0.250 e. The smallest absolute Gasteiger partial charge is 0.250 e. The highest BCUT2D eigenvalue weighted by molar-refractivity contribution is 5.95. The number of carbonyl (C=O) groups excluding carboxylic acids is 4. The summed E-state index contributed by atoms with van der Waals surface area (Å²) in [6.45, 7) is 9.07. The third-order valence-corrected chi connectivity index (χ3v) is 8.95. The number of fused-ring (bicyclic) bond motifs is 2. The van der Waals surface area contributed by atoms with Crippen molar-refractivity contribution in [3.63, 3.8) is 0 Å². The maximum atomic E-state index is 13.8. The van der Waals surface area contributed by atoms with Gasteiger partial charge >= 0.3 is 0 Å².